The Kier molecular flexibility index (Phi) is 12.0. The normalized spacial score (nSPS) is 17.9. The van der Waals surface area contributed by atoms with Crippen LogP contribution in [0.2, 0.25) is 0 Å². The summed E-state index contributed by atoms with van der Waals surface area (Å²) in [6.07, 6.45) is -7.68. The van der Waals surface area contributed by atoms with Gasteiger partial charge < -0.3 is 36.0 Å². The first kappa shape index (κ1) is 34.5. The maximum Gasteiger partial charge on any atom is 0.393 e. The minimum atomic E-state index is -4.52. The van der Waals surface area contributed by atoms with E-state index in [2.05, 4.69) is 27.8 Å². The quantitative estimate of drug-likeness (QED) is 0.118. The molecule has 0 saturated carbocycles. The van der Waals surface area contributed by atoms with Crippen molar-refractivity contribution in [1.82, 2.24) is 4.90 Å². The molecule has 2 heterocycles. The molecule has 0 amide bonds. The van der Waals surface area contributed by atoms with E-state index in [-0.39, 0.29) is 60.4 Å². The fraction of sp³-hybridized carbons (Fsp3) is 0.467. The Hall–Kier alpha value is -3.42. The molecule has 3 unspecified atom stereocenters. The number of aliphatic hydroxyl groups is 3. The second kappa shape index (κ2) is 15.7. The summed E-state index contributed by atoms with van der Waals surface area (Å²) in [6, 6.07) is 6.47. The van der Waals surface area contributed by atoms with E-state index in [9.17, 15) is 27.1 Å². The lowest BCUT2D eigenvalue weighted by Crippen LogP contribution is -2.50. The van der Waals surface area contributed by atoms with Gasteiger partial charge in [0.2, 0.25) is 6.86 Å². The highest BCUT2D eigenvalue weighted by Crippen LogP contribution is 2.40. The standard InChI is InChI=1S/C30H34F6N4O4S/c31-17-44-27-12-25(38-8-10-41)21(32)11-26(27)37-7-2-5-28-20(13-30(34,35)36)19-3-1-4-24(29(19)45-28)39-23-6-9-40(15-22(23)33)14-18(43)16-42/h1,3-4,11-12,18,22-23,37-39,41-43H,6-10,13-17H2. The number of likely N-dealkylation sites (tertiary alicyclic amines) is 1. The Bertz CT molecular complexity index is 1500. The predicted molar refractivity (Wildman–Crippen MR) is 162 cm³/mol. The minimum Gasteiger partial charge on any atom is -0.461 e. The van der Waals surface area contributed by atoms with E-state index < -0.39 is 50.2 Å². The third-order valence-corrected chi connectivity index (χ3v) is 8.31. The van der Waals surface area contributed by atoms with Gasteiger partial charge in [0.1, 0.15) is 17.7 Å². The Morgan fingerprint density at radius 3 is 2.62 bits per heavy atom. The Labute approximate surface area is 260 Å². The third-order valence-electron chi connectivity index (χ3n) is 7.12. The maximum absolute atomic E-state index is 15.1. The molecule has 1 aromatic heterocycles. The van der Waals surface area contributed by atoms with E-state index >= 15 is 4.39 Å². The number of hydrogen-bond acceptors (Lipinski definition) is 9. The monoisotopic (exact) mass is 660 g/mol. The van der Waals surface area contributed by atoms with Crippen LogP contribution >= 0.6 is 11.3 Å². The van der Waals surface area contributed by atoms with E-state index in [0.29, 0.717) is 28.7 Å². The van der Waals surface area contributed by atoms with E-state index in [1.807, 2.05) is 0 Å². The van der Waals surface area contributed by atoms with Crippen molar-refractivity contribution in [2.45, 2.75) is 37.3 Å². The number of benzene rings is 2. The Morgan fingerprint density at radius 1 is 1.13 bits per heavy atom. The third kappa shape index (κ3) is 9.30. The Balaban J connectivity index is 1.55. The van der Waals surface area contributed by atoms with Crippen LogP contribution in [0.1, 0.15) is 16.9 Å². The van der Waals surface area contributed by atoms with Crippen molar-refractivity contribution in [3.63, 3.8) is 0 Å². The highest BCUT2D eigenvalue weighted by atomic mass is 32.1. The van der Waals surface area contributed by atoms with Gasteiger partial charge in [-0.3, -0.25) is 4.90 Å². The second-order valence-electron chi connectivity index (χ2n) is 10.4. The number of fused-ring (bicyclic) bond motifs is 1. The first-order valence-corrected chi connectivity index (χ1v) is 15.0. The second-order valence-corrected chi connectivity index (χ2v) is 11.4. The highest BCUT2D eigenvalue weighted by molar-refractivity contribution is 7.20. The van der Waals surface area contributed by atoms with Crippen molar-refractivity contribution in [3.05, 3.63) is 46.6 Å². The number of alkyl halides is 5. The fourth-order valence-electron chi connectivity index (χ4n) is 5.07. The summed E-state index contributed by atoms with van der Waals surface area (Å²) < 4.78 is 88.8. The number of rotatable bonds is 13. The number of ether oxygens (including phenoxy) is 1. The van der Waals surface area contributed by atoms with Crippen molar-refractivity contribution in [1.29, 1.82) is 0 Å². The molecule has 0 spiro atoms. The molecule has 246 valence electrons. The van der Waals surface area contributed by atoms with Gasteiger partial charge in [0.15, 0.2) is 0 Å². The lowest BCUT2D eigenvalue weighted by Gasteiger charge is -2.36. The number of thiophene rings is 1. The summed E-state index contributed by atoms with van der Waals surface area (Å²) in [7, 11) is 0. The van der Waals surface area contributed by atoms with Gasteiger partial charge in [-0.1, -0.05) is 24.0 Å². The highest BCUT2D eigenvalue weighted by Gasteiger charge is 2.33. The fourth-order valence-corrected chi connectivity index (χ4v) is 6.24. The van der Waals surface area contributed by atoms with Gasteiger partial charge in [0.05, 0.1) is 65.0 Å². The first-order valence-electron chi connectivity index (χ1n) is 14.2. The van der Waals surface area contributed by atoms with Gasteiger partial charge in [-0.15, -0.1) is 11.3 Å². The van der Waals surface area contributed by atoms with Gasteiger partial charge in [-0.25, -0.2) is 13.2 Å². The van der Waals surface area contributed by atoms with Crippen LogP contribution in [0.5, 0.6) is 5.75 Å². The lowest BCUT2D eigenvalue weighted by molar-refractivity contribution is -0.126. The first-order chi connectivity index (χ1) is 21.5. The van der Waals surface area contributed by atoms with E-state index in [1.54, 1.807) is 23.1 Å². The number of halogens is 6. The van der Waals surface area contributed by atoms with E-state index in [0.717, 1.165) is 17.4 Å². The molecule has 1 fully saturated rings. The Morgan fingerprint density at radius 2 is 1.93 bits per heavy atom. The van der Waals surface area contributed by atoms with Gasteiger partial charge in [0.25, 0.3) is 0 Å². The van der Waals surface area contributed by atoms with Crippen LogP contribution < -0.4 is 20.7 Å². The average molecular weight is 661 g/mol. The van der Waals surface area contributed by atoms with Gasteiger partial charge in [-0.05, 0) is 23.4 Å². The average Bonchev–Trinajstić information content (AvgIpc) is 3.33. The molecular weight excluding hydrogens is 626 g/mol. The molecule has 0 radical (unpaired) electrons. The molecule has 4 rings (SSSR count). The van der Waals surface area contributed by atoms with Crippen LogP contribution in [0.4, 0.5) is 43.4 Å². The molecule has 3 aromatic rings. The van der Waals surface area contributed by atoms with Crippen molar-refractivity contribution >= 4 is 38.5 Å². The molecule has 1 aliphatic heterocycles. The van der Waals surface area contributed by atoms with Gasteiger partial charge in [0, 0.05) is 38.3 Å². The minimum absolute atomic E-state index is 0.0132. The molecule has 6 N–H and O–H groups in total. The summed E-state index contributed by atoms with van der Waals surface area (Å²) in [5, 5.41) is 36.6. The van der Waals surface area contributed by atoms with Crippen LogP contribution in [-0.2, 0) is 6.42 Å². The van der Waals surface area contributed by atoms with Crippen molar-refractivity contribution in [2.24, 2.45) is 0 Å². The van der Waals surface area contributed by atoms with Gasteiger partial charge >= 0.3 is 6.18 Å². The number of hydrogen-bond donors (Lipinski definition) is 6. The molecule has 1 aliphatic rings. The topological polar surface area (TPSA) is 109 Å². The maximum atomic E-state index is 15.1. The van der Waals surface area contributed by atoms with Crippen molar-refractivity contribution < 1.29 is 46.4 Å². The largest absolute Gasteiger partial charge is 0.461 e. The SMILES string of the molecule is OCCNc1cc(OCF)c(NCC#Cc2sc3c(NC4CCN(CC(O)CO)CC4F)cccc3c2CC(F)(F)F)cc1F. The summed E-state index contributed by atoms with van der Waals surface area (Å²) in [4.78, 5) is 1.88. The zero-order chi connectivity index (χ0) is 32.6. The van der Waals surface area contributed by atoms with Crippen LogP contribution in [0.15, 0.2) is 30.3 Å². The van der Waals surface area contributed by atoms with Crippen LogP contribution in [0.25, 0.3) is 10.1 Å². The molecule has 45 heavy (non-hydrogen) atoms. The number of nitrogens with zero attached hydrogens (tertiary/aromatic N) is 1. The number of aliphatic hydroxyl groups excluding tert-OH is 3. The van der Waals surface area contributed by atoms with Gasteiger partial charge in [-0.2, -0.15) is 13.2 Å². The summed E-state index contributed by atoms with van der Waals surface area (Å²) in [5.74, 6) is 4.79. The zero-order valence-electron chi connectivity index (χ0n) is 24.1. The lowest BCUT2D eigenvalue weighted by atomic mass is 10.0. The molecule has 3 atom stereocenters. The van der Waals surface area contributed by atoms with Crippen LogP contribution in [-0.4, -0.2) is 97.5 Å². The van der Waals surface area contributed by atoms with Crippen LogP contribution in [0.3, 0.4) is 0 Å². The van der Waals surface area contributed by atoms with Crippen molar-refractivity contribution in [2.75, 3.05) is 68.7 Å². The number of piperidine rings is 1. The van der Waals surface area contributed by atoms with E-state index in [1.165, 1.54) is 6.07 Å². The number of nitrogens with one attached hydrogen (secondary N) is 3. The van der Waals surface area contributed by atoms with Crippen LogP contribution in [0, 0.1) is 17.7 Å². The molecule has 0 aliphatic carbocycles. The smallest absolute Gasteiger partial charge is 0.393 e. The number of β-amino-alcohol motifs (C(OH)–C–C–N with tert-alkyl or cyclic N) is 1. The molecule has 15 heteroatoms. The van der Waals surface area contributed by atoms with E-state index in [4.69, 9.17) is 14.9 Å². The molecule has 8 nitrogen and oxygen atoms in total. The zero-order valence-corrected chi connectivity index (χ0v) is 24.9. The molecule has 2 aromatic carbocycles. The summed E-state index contributed by atoms with van der Waals surface area (Å²) >= 11 is 1.04. The summed E-state index contributed by atoms with van der Waals surface area (Å²) in [6.45, 7) is -1.34. The predicted octanol–water partition coefficient (Wildman–Crippen LogP) is 4.50. The molecule has 1 saturated heterocycles. The van der Waals surface area contributed by atoms with Crippen molar-refractivity contribution in [3.8, 4) is 17.6 Å². The number of anilines is 3. The summed E-state index contributed by atoms with van der Waals surface area (Å²) in [5.41, 5.74) is 0.517. The molecular formula is C30H34F6N4O4S. The molecule has 0 bridgehead atoms.